The van der Waals surface area contributed by atoms with E-state index in [9.17, 15) is 9.90 Å². The minimum atomic E-state index is -0.655. The van der Waals surface area contributed by atoms with Crippen molar-refractivity contribution >= 4 is 5.97 Å². The highest BCUT2D eigenvalue weighted by atomic mass is 16.5. The van der Waals surface area contributed by atoms with Crippen LogP contribution < -0.4 is 0 Å². The summed E-state index contributed by atoms with van der Waals surface area (Å²) in [5.74, 6) is -0.655. The third-order valence-corrected chi connectivity index (χ3v) is 3.93. The summed E-state index contributed by atoms with van der Waals surface area (Å²) in [7, 11) is 0. The van der Waals surface area contributed by atoms with Crippen molar-refractivity contribution in [1.82, 2.24) is 4.90 Å². The fourth-order valence-corrected chi connectivity index (χ4v) is 2.87. The Kier molecular flexibility index (Phi) is 3.82. The summed E-state index contributed by atoms with van der Waals surface area (Å²) in [6.07, 6.45) is 6.03. The highest BCUT2D eigenvalue weighted by Crippen LogP contribution is 2.30. The maximum atomic E-state index is 11.6. The summed E-state index contributed by atoms with van der Waals surface area (Å²) in [6, 6.07) is 0. The SMILES string of the molecule is O=C(O)C1(N2CCCCCC2)CCOCC1. The summed E-state index contributed by atoms with van der Waals surface area (Å²) in [6.45, 7) is 3.05. The quantitative estimate of drug-likeness (QED) is 0.776. The first kappa shape index (κ1) is 11.9. The Bertz CT molecular complexity index is 241. The standard InChI is InChI=1S/C12H21NO3/c14-11(15)12(5-9-16-10-6-12)13-7-3-1-2-4-8-13/h1-10H2,(H,14,15). The highest BCUT2D eigenvalue weighted by molar-refractivity contribution is 5.79. The molecule has 4 nitrogen and oxygen atoms in total. The number of rotatable bonds is 2. The predicted molar refractivity (Wildman–Crippen MR) is 60.5 cm³/mol. The van der Waals surface area contributed by atoms with Gasteiger partial charge < -0.3 is 9.84 Å². The van der Waals surface area contributed by atoms with Gasteiger partial charge in [-0.1, -0.05) is 12.8 Å². The lowest BCUT2D eigenvalue weighted by Crippen LogP contribution is -2.57. The van der Waals surface area contributed by atoms with E-state index in [0.717, 1.165) is 25.9 Å². The molecule has 2 saturated heterocycles. The predicted octanol–water partition coefficient (Wildman–Crippen LogP) is 1.50. The Morgan fingerprint density at radius 3 is 2.12 bits per heavy atom. The molecule has 2 heterocycles. The fraction of sp³-hybridized carbons (Fsp3) is 0.917. The summed E-state index contributed by atoms with van der Waals surface area (Å²) in [4.78, 5) is 13.8. The van der Waals surface area contributed by atoms with E-state index in [0.29, 0.717) is 26.1 Å². The molecule has 0 radical (unpaired) electrons. The molecule has 2 aliphatic rings. The van der Waals surface area contributed by atoms with Crippen LogP contribution in [-0.4, -0.2) is 47.8 Å². The first-order valence-corrected chi connectivity index (χ1v) is 6.32. The summed E-state index contributed by atoms with van der Waals surface area (Å²) in [5, 5.41) is 9.54. The number of ether oxygens (including phenoxy) is 1. The third kappa shape index (κ3) is 2.23. The van der Waals surface area contributed by atoms with E-state index in [1.54, 1.807) is 0 Å². The summed E-state index contributed by atoms with van der Waals surface area (Å²) >= 11 is 0. The molecule has 0 unspecified atom stereocenters. The van der Waals surface area contributed by atoms with E-state index in [4.69, 9.17) is 4.74 Å². The largest absolute Gasteiger partial charge is 0.480 e. The molecule has 92 valence electrons. The van der Waals surface area contributed by atoms with Crippen molar-refractivity contribution < 1.29 is 14.6 Å². The Balaban J connectivity index is 2.12. The van der Waals surface area contributed by atoms with Gasteiger partial charge in [-0.25, -0.2) is 0 Å². The minimum absolute atomic E-state index is 0.586. The first-order chi connectivity index (χ1) is 7.76. The second-order valence-electron chi connectivity index (χ2n) is 4.85. The van der Waals surface area contributed by atoms with Crippen LogP contribution in [0.3, 0.4) is 0 Å². The molecule has 2 aliphatic heterocycles. The number of carbonyl (C=O) groups is 1. The van der Waals surface area contributed by atoms with Gasteiger partial charge in [-0.15, -0.1) is 0 Å². The second kappa shape index (κ2) is 5.15. The molecule has 0 bridgehead atoms. The zero-order valence-corrected chi connectivity index (χ0v) is 9.78. The summed E-state index contributed by atoms with van der Waals surface area (Å²) in [5.41, 5.74) is -0.636. The minimum Gasteiger partial charge on any atom is -0.480 e. The summed E-state index contributed by atoms with van der Waals surface area (Å²) < 4.78 is 5.31. The highest BCUT2D eigenvalue weighted by Gasteiger charge is 2.45. The molecule has 1 N–H and O–H groups in total. The molecular weight excluding hydrogens is 206 g/mol. The van der Waals surface area contributed by atoms with Gasteiger partial charge in [-0.3, -0.25) is 9.69 Å². The van der Waals surface area contributed by atoms with Gasteiger partial charge in [-0.05, 0) is 38.8 Å². The Morgan fingerprint density at radius 1 is 1.06 bits per heavy atom. The zero-order valence-electron chi connectivity index (χ0n) is 9.78. The monoisotopic (exact) mass is 227 g/mol. The molecule has 0 spiro atoms. The Labute approximate surface area is 96.6 Å². The Morgan fingerprint density at radius 2 is 1.62 bits per heavy atom. The molecule has 2 rings (SSSR count). The van der Waals surface area contributed by atoms with Crippen molar-refractivity contribution in [3.63, 3.8) is 0 Å². The van der Waals surface area contributed by atoms with E-state index < -0.39 is 11.5 Å². The van der Waals surface area contributed by atoms with Crippen molar-refractivity contribution in [2.45, 2.75) is 44.1 Å². The van der Waals surface area contributed by atoms with E-state index >= 15 is 0 Å². The van der Waals surface area contributed by atoms with Crippen LogP contribution in [0.5, 0.6) is 0 Å². The van der Waals surface area contributed by atoms with Crippen molar-refractivity contribution in [3.8, 4) is 0 Å². The Hall–Kier alpha value is -0.610. The van der Waals surface area contributed by atoms with Crippen LogP contribution in [-0.2, 0) is 9.53 Å². The van der Waals surface area contributed by atoms with Gasteiger partial charge in [0.2, 0.25) is 0 Å². The number of hydrogen-bond acceptors (Lipinski definition) is 3. The van der Waals surface area contributed by atoms with E-state index in [1.807, 2.05) is 0 Å². The van der Waals surface area contributed by atoms with Crippen LogP contribution in [0, 0.1) is 0 Å². The molecule has 0 atom stereocenters. The van der Waals surface area contributed by atoms with Gasteiger partial charge >= 0.3 is 5.97 Å². The van der Waals surface area contributed by atoms with Crippen LogP contribution in [0.15, 0.2) is 0 Å². The number of carboxylic acids is 1. The molecule has 0 saturated carbocycles. The zero-order chi connectivity index (χ0) is 11.4. The van der Waals surface area contributed by atoms with E-state index in [2.05, 4.69) is 4.90 Å². The number of carboxylic acid groups (broad SMARTS) is 1. The van der Waals surface area contributed by atoms with Gasteiger partial charge in [-0.2, -0.15) is 0 Å². The van der Waals surface area contributed by atoms with Crippen LogP contribution >= 0.6 is 0 Å². The average molecular weight is 227 g/mol. The van der Waals surface area contributed by atoms with E-state index in [1.165, 1.54) is 12.8 Å². The molecule has 16 heavy (non-hydrogen) atoms. The van der Waals surface area contributed by atoms with Crippen LogP contribution in [0.1, 0.15) is 38.5 Å². The van der Waals surface area contributed by atoms with Gasteiger partial charge in [0.25, 0.3) is 0 Å². The van der Waals surface area contributed by atoms with Crippen molar-refractivity contribution in [2.75, 3.05) is 26.3 Å². The first-order valence-electron chi connectivity index (χ1n) is 6.32. The second-order valence-corrected chi connectivity index (χ2v) is 4.85. The lowest BCUT2D eigenvalue weighted by Gasteiger charge is -2.42. The normalized spacial score (nSPS) is 27.2. The van der Waals surface area contributed by atoms with Crippen molar-refractivity contribution in [2.24, 2.45) is 0 Å². The molecule has 0 amide bonds. The number of likely N-dealkylation sites (tertiary alicyclic amines) is 1. The number of aliphatic carboxylic acids is 1. The molecule has 0 aliphatic carbocycles. The van der Waals surface area contributed by atoms with Gasteiger partial charge in [0.05, 0.1) is 0 Å². The molecule has 2 fully saturated rings. The maximum absolute atomic E-state index is 11.6. The lowest BCUT2D eigenvalue weighted by atomic mass is 9.87. The maximum Gasteiger partial charge on any atom is 0.324 e. The topological polar surface area (TPSA) is 49.8 Å². The van der Waals surface area contributed by atoms with Crippen LogP contribution in [0.2, 0.25) is 0 Å². The van der Waals surface area contributed by atoms with Gasteiger partial charge in [0.15, 0.2) is 0 Å². The molecule has 0 aromatic rings. The third-order valence-electron chi connectivity index (χ3n) is 3.93. The van der Waals surface area contributed by atoms with Gasteiger partial charge in [0, 0.05) is 13.2 Å². The molecule has 0 aromatic heterocycles. The molecule has 4 heteroatoms. The number of hydrogen-bond donors (Lipinski definition) is 1. The van der Waals surface area contributed by atoms with E-state index in [-0.39, 0.29) is 0 Å². The van der Waals surface area contributed by atoms with Crippen molar-refractivity contribution in [3.05, 3.63) is 0 Å². The smallest absolute Gasteiger partial charge is 0.324 e. The van der Waals surface area contributed by atoms with Crippen molar-refractivity contribution in [1.29, 1.82) is 0 Å². The average Bonchev–Trinajstić information content (AvgIpc) is 2.58. The fourth-order valence-electron chi connectivity index (χ4n) is 2.87. The van der Waals surface area contributed by atoms with Crippen LogP contribution in [0.25, 0.3) is 0 Å². The van der Waals surface area contributed by atoms with Crippen LogP contribution in [0.4, 0.5) is 0 Å². The number of nitrogens with zero attached hydrogens (tertiary/aromatic N) is 1. The lowest BCUT2D eigenvalue weighted by molar-refractivity contribution is -0.158. The van der Waals surface area contributed by atoms with Gasteiger partial charge in [0.1, 0.15) is 5.54 Å². The molecular formula is C12H21NO3. The molecule has 0 aromatic carbocycles.